The minimum Gasteiger partial charge on any atom is -0.497 e. The van der Waals surface area contributed by atoms with E-state index in [0.717, 1.165) is 10.2 Å². The number of hydrogen-bond acceptors (Lipinski definition) is 6. The van der Waals surface area contributed by atoms with Crippen molar-refractivity contribution in [3.63, 3.8) is 0 Å². The summed E-state index contributed by atoms with van der Waals surface area (Å²) in [6, 6.07) is 7.32. The van der Waals surface area contributed by atoms with Gasteiger partial charge in [-0.1, -0.05) is 12.1 Å². The smallest absolute Gasteiger partial charge is 0.373 e. The number of nitrogens with zero attached hydrogens (tertiary/aromatic N) is 3. The van der Waals surface area contributed by atoms with Crippen LogP contribution in [0.4, 0.5) is 0 Å². The van der Waals surface area contributed by atoms with Gasteiger partial charge in [0.05, 0.1) is 12.8 Å². The van der Waals surface area contributed by atoms with Crippen LogP contribution in [-0.2, 0) is 0 Å². The van der Waals surface area contributed by atoms with Crippen LogP contribution in [0.5, 0.6) is 5.75 Å². The molecule has 0 unspecified atom stereocenters. The molecule has 0 spiro atoms. The third-order valence-electron chi connectivity index (χ3n) is 2.86. The van der Waals surface area contributed by atoms with E-state index in [0.29, 0.717) is 11.4 Å². The van der Waals surface area contributed by atoms with Crippen LogP contribution in [0.2, 0.25) is 0 Å². The van der Waals surface area contributed by atoms with E-state index < -0.39 is 17.5 Å². The lowest BCUT2D eigenvalue weighted by Crippen LogP contribution is -2.15. The van der Waals surface area contributed by atoms with Crippen molar-refractivity contribution in [3.8, 4) is 22.1 Å². The number of hydrogen-bond donors (Lipinski definition) is 2. The molecule has 0 bridgehead atoms. The number of ether oxygens (including phenoxy) is 1. The number of carboxylic acids is 1. The first-order chi connectivity index (χ1) is 10.6. The number of H-pyrrole nitrogens is 1. The fourth-order valence-electron chi connectivity index (χ4n) is 1.83. The zero-order valence-electron chi connectivity index (χ0n) is 11.3. The first-order valence-corrected chi connectivity index (χ1v) is 6.99. The first-order valence-electron chi connectivity index (χ1n) is 6.11. The van der Waals surface area contributed by atoms with E-state index in [4.69, 9.17) is 9.84 Å². The summed E-state index contributed by atoms with van der Waals surface area (Å²) in [7, 11) is 1.57. The Balaban J connectivity index is 2.00. The summed E-state index contributed by atoms with van der Waals surface area (Å²) in [6.07, 6.45) is 0. The summed E-state index contributed by atoms with van der Waals surface area (Å²) in [5.74, 6) is -1.04. The number of carboxylic acid groups (broad SMARTS) is 1. The van der Waals surface area contributed by atoms with Gasteiger partial charge in [0.25, 0.3) is 0 Å². The molecule has 0 atom stereocenters. The van der Waals surface area contributed by atoms with E-state index in [1.807, 2.05) is 24.3 Å². The van der Waals surface area contributed by atoms with E-state index in [2.05, 4.69) is 15.1 Å². The van der Waals surface area contributed by atoms with Crippen LogP contribution in [0.1, 0.15) is 10.6 Å². The van der Waals surface area contributed by atoms with Gasteiger partial charge in [-0.25, -0.2) is 14.6 Å². The third-order valence-corrected chi connectivity index (χ3v) is 3.68. The molecule has 0 amide bonds. The maximum atomic E-state index is 11.7. The fourth-order valence-corrected chi connectivity index (χ4v) is 2.61. The van der Waals surface area contributed by atoms with Gasteiger partial charge in [-0.15, -0.1) is 16.4 Å². The number of aromatic nitrogens is 4. The Morgan fingerprint density at radius 2 is 2.27 bits per heavy atom. The minimum atomic E-state index is -1.31. The molecular weight excluding hydrogens is 308 g/mol. The predicted octanol–water partition coefficient (Wildman–Crippen LogP) is 1.39. The van der Waals surface area contributed by atoms with Crippen LogP contribution in [0.3, 0.4) is 0 Å². The lowest BCUT2D eigenvalue weighted by Gasteiger charge is -2.01. The van der Waals surface area contributed by atoms with Crippen LogP contribution in [0.25, 0.3) is 16.4 Å². The monoisotopic (exact) mass is 318 g/mol. The standard InChI is InChI=1S/C13H10N4O4S/c1-21-8-4-2-3-7(5-8)9-6-22-13(14-9)17-12(20)15-10(16-17)11(18)19/h2-6H,1H3,(H,18,19)(H,15,16,20). The van der Waals surface area contributed by atoms with Gasteiger partial charge < -0.3 is 9.84 Å². The molecule has 3 rings (SSSR count). The summed E-state index contributed by atoms with van der Waals surface area (Å²) in [4.78, 5) is 29.0. The van der Waals surface area contributed by atoms with Crippen molar-refractivity contribution in [2.24, 2.45) is 0 Å². The van der Waals surface area contributed by atoms with Crippen molar-refractivity contribution >= 4 is 17.3 Å². The molecule has 2 heterocycles. The number of thiazole rings is 1. The Labute approximate surface area is 127 Å². The van der Waals surface area contributed by atoms with E-state index in [9.17, 15) is 9.59 Å². The Kier molecular flexibility index (Phi) is 3.47. The largest absolute Gasteiger partial charge is 0.497 e. The van der Waals surface area contributed by atoms with Gasteiger partial charge in [0.15, 0.2) is 0 Å². The SMILES string of the molecule is COc1cccc(-c2csc(-n3nc(C(=O)O)[nH]c3=O)n2)c1. The topological polar surface area (TPSA) is 110 Å². The molecule has 0 aliphatic rings. The van der Waals surface area contributed by atoms with Crippen LogP contribution >= 0.6 is 11.3 Å². The molecule has 0 radical (unpaired) electrons. The highest BCUT2D eigenvalue weighted by Crippen LogP contribution is 2.26. The number of aromatic amines is 1. The van der Waals surface area contributed by atoms with Gasteiger partial charge in [0.1, 0.15) is 5.75 Å². The van der Waals surface area contributed by atoms with Crippen molar-refractivity contribution < 1.29 is 14.6 Å². The van der Waals surface area contributed by atoms with Crippen molar-refractivity contribution in [2.45, 2.75) is 0 Å². The van der Waals surface area contributed by atoms with Crippen LogP contribution in [0, 0.1) is 0 Å². The molecule has 0 aliphatic heterocycles. The highest BCUT2D eigenvalue weighted by molar-refractivity contribution is 7.12. The maximum Gasteiger partial charge on any atom is 0.373 e. The van der Waals surface area contributed by atoms with Gasteiger partial charge in [-0.2, -0.15) is 4.68 Å². The molecule has 9 heteroatoms. The summed E-state index contributed by atoms with van der Waals surface area (Å²) in [5.41, 5.74) is 0.818. The maximum absolute atomic E-state index is 11.7. The summed E-state index contributed by atoms with van der Waals surface area (Å²) >= 11 is 1.19. The highest BCUT2D eigenvalue weighted by atomic mass is 32.1. The second kappa shape index (κ2) is 5.45. The molecule has 112 valence electrons. The van der Waals surface area contributed by atoms with Gasteiger partial charge >= 0.3 is 11.7 Å². The molecule has 2 N–H and O–H groups in total. The van der Waals surface area contributed by atoms with E-state index in [1.165, 1.54) is 11.3 Å². The second-order valence-electron chi connectivity index (χ2n) is 4.24. The van der Waals surface area contributed by atoms with E-state index >= 15 is 0 Å². The molecule has 1 aromatic carbocycles. The lowest BCUT2D eigenvalue weighted by molar-refractivity contribution is 0.0683. The molecule has 22 heavy (non-hydrogen) atoms. The minimum absolute atomic E-state index is 0.284. The quantitative estimate of drug-likeness (QED) is 0.752. The van der Waals surface area contributed by atoms with Crippen molar-refractivity contribution in [3.05, 3.63) is 46.0 Å². The molecule has 0 saturated heterocycles. The number of rotatable bonds is 4. The molecule has 0 saturated carbocycles. The Hall–Kier alpha value is -2.94. The molecule has 2 aromatic heterocycles. The van der Waals surface area contributed by atoms with Crippen LogP contribution < -0.4 is 10.4 Å². The highest BCUT2D eigenvalue weighted by Gasteiger charge is 2.15. The average Bonchev–Trinajstić information content (AvgIpc) is 3.13. The molecule has 8 nitrogen and oxygen atoms in total. The summed E-state index contributed by atoms with van der Waals surface area (Å²) in [6.45, 7) is 0. The first kappa shape index (κ1) is 14.0. The van der Waals surface area contributed by atoms with Gasteiger partial charge in [0.2, 0.25) is 11.0 Å². The summed E-state index contributed by atoms with van der Waals surface area (Å²) in [5, 5.41) is 14.6. The molecule has 0 aliphatic carbocycles. The zero-order chi connectivity index (χ0) is 15.7. The molecule has 3 aromatic rings. The lowest BCUT2D eigenvalue weighted by atomic mass is 10.2. The Morgan fingerprint density at radius 3 is 2.95 bits per heavy atom. The Morgan fingerprint density at radius 1 is 1.45 bits per heavy atom. The predicted molar refractivity (Wildman–Crippen MR) is 78.8 cm³/mol. The van der Waals surface area contributed by atoms with Gasteiger partial charge in [-0.3, -0.25) is 4.98 Å². The fraction of sp³-hybridized carbons (Fsp3) is 0.0769. The van der Waals surface area contributed by atoms with Crippen molar-refractivity contribution in [2.75, 3.05) is 7.11 Å². The summed E-state index contributed by atoms with van der Waals surface area (Å²) < 4.78 is 6.08. The normalized spacial score (nSPS) is 10.6. The molecular formula is C13H10N4O4S. The number of benzene rings is 1. The van der Waals surface area contributed by atoms with Gasteiger partial charge in [-0.05, 0) is 12.1 Å². The van der Waals surface area contributed by atoms with Crippen LogP contribution in [-0.4, -0.2) is 37.9 Å². The van der Waals surface area contributed by atoms with Crippen molar-refractivity contribution in [1.29, 1.82) is 0 Å². The van der Waals surface area contributed by atoms with Crippen LogP contribution in [0.15, 0.2) is 34.4 Å². The Bertz CT molecular complexity index is 895. The number of carbonyl (C=O) groups is 1. The third kappa shape index (κ3) is 2.49. The van der Waals surface area contributed by atoms with Gasteiger partial charge in [0, 0.05) is 10.9 Å². The average molecular weight is 318 g/mol. The molecule has 0 fully saturated rings. The second-order valence-corrected chi connectivity index (χ2v) is 5.08. The number of aromatic carboxylic acids is 1. The van der Waals surface area contributed by atoms with E-state index in [1.54, 1.807) is 12.5 Å². The number of methoxy groups -OCH3 is 1. The zero-order valence-corrected chi connectivity index (χ0v) is 12.1. The number of nitrogens with one attached hydrogen (secondary N) is 1. The van der Waals surface area contributed by atoms with Crippen molar-refractivity contribution in [1.82, 2.24) is 19.7 Å². The van der Waals surface area contributed by atoms with E-state index in [-0.39, 0.29) is 5.13 Å².